The van der Waals surface area contributed by atoms with Crippen molar-refractivity contribution < 1.29 is 17.7 Å². The molecular formula is C15H18N2O4S. The second-order valence-corrected chi connectivity index (χ2v) is 7.16. The molecule has 3 rings (SSSR count). The Bertz CT molecular complexity index is 783. The Balaban J connectivity index is 1.89. The van der Waals surface area contributed by atoms with Gasteiger partial charge in [-0.1, -0.05) is 5.16 Å². The molecule has 118 valence electrons. The highest BCUT2D eigenvalue weighted by atomic mass is 32.2. The number of fused-ring (bicyclic) bond motifs is 1. The molecule has 2 heterocycles. The molecule has 0 bridgehead atoms. The molecular weight excluding hydrogens is 304 g/mol. The standard InChI is InChI=1S/C15H18N2O4S/c1-3-20-14-5-4-13(8-11(14)2)22(18,19)17-7-6-15-12(10-17)9-16-21-15/h4-5,8-9H,3,6-7,10H2,1-2H3. The van der Waals surface area contributed by atoms with Crippen molar-refractivity contribution in [2.45, 2.75) is 31.7 Å². The van der Waals surface area contributed by atoms with E-state index in [1.54, 1.807) is 24.4 Å². The molecule has 0 fully saturated rings. The number of hydrogen-bond acceptors (Lipinski definition) is 5. The van der Waals surface area contributed by atoms with Gasteiger partial charge in [0.15, 0.2) is 0 Å². The lowest BCUT2D eigenvalue weighted by Crippen LogP contribution is -2.35. The van der Waals surface area contributed by atoms with Gasteiger partial charge in [-0.2, -0.15) is 4.31 Å². The molecule has 0 radical (unpaired) electrons. The first kappa shape index (κ1) is 15.1. The molecule has 1 aromatic carbocycles. The van der Waals surface area contributed by atoms with Crippen molar-refractivity contribution >= 4 is 10.0 Å². The molecule has 0 aliphatic carbocycles. The molecule has 2 aromatic rings. The molecule has 6 nitrogen and oxygen atoms in total. The largest absolute Gasteiger partial charge is 0.494 e. The maximum Gasteiger partial charge on any atom is 0.243 e. The molecule has 0 saturated heterocycles. The summed E-state index contributed by atoms with van der Waals surface area (Å²) in [4.78, 5) is 0.286. The minimum Gasteiger partial charge on any atom is -0.494 e. The van der Waals surface area contributed by atoms with E-state index in [1.807, 2.05) is 13.8 Å². The third-order valence-electron chi connectivity index (χ3n) is 3.75. The fourth-order valence-electron chi connectivity index (χ4n) is 2.57. The Morgan fingerprint density at radius 1 is 1.41 bits per heavy atom. The van der Waals surface area contributed by atoms with Crippen LogP contribution in [0.2, 0.25) is 0 Å². The highest BCUT2D eigenvalue weighted by Gasteiger charge is 2.30. The smallest absolute Gasteiger partial charge is 0.243 e. The molecule has 1 aliphatic heterocycles. The zero-order chi connectivity index (χ0) is 15.7. The lowest BCUT2D eigenvalue weighted by atomic mass is 10.1. The van der Waals surface area contributed by atoms with E-state index in [9.17, 15) is 8.42 Å². The molecule has 0 unspecified atom stereocenters. The highest BCUT2D eigenvalue weighted by Crippen LogP contribution is 2.27. The van der Waals surface area contributed by atoms with Crippen LogP contribution in [0.3, 0.4) is 0 Å². The molecule has 0 amide bonds. The minimum absolute atomic E-state index is 0.286. The zero-order valence-corrected chi connectivity index (χ0v) is 13.4. The third kappa shape index (κ3) is 2.62. The second-order valence-electron chi connectivity index (χ2n) is 5.22. The Hall–Kier alpha value is -1.86. The van der Waals surface area contributed by atoms with E-state index in [1.165, 1.54) is 4.31 Å². The predicted molar refractivity (Wildman–Crippen MR) is 80.2 cm³/mol. The Morgan fingerprint density at radius 3 is 2.95 bits per heavy atom. The number of hydrogen-bond donors (Lipinski definition) is 0. The van der Waals surface area contributed by atoms with Gasteiger partial charge >= 0.3 is 0 Å². The van der Waals surface area contributed by atoms with Gasteiger partial charge in [0.2, 0.25) is 10.0 Å². The van der Waals surface area contributed by atoms with Crippen LogP contribution in [0.1, 0.15) is 23.8 Å². The summed E-state index contributed by atoms with van der Waals surface area (Å²) < 4.78 is 37.6. The summed E-state index contributed by atoms with van der Waals surface area (Å²) in [5.74, 6) is 1.48. The van der Waals surface area contributed by atoms with Crippen LogP contribution >= 0.6 is 0 Å². The molecule has 0 saturated carbocycles. The van der Waals surface area contributed by atoms with Crippen LogP contribution in [0.5, 0.6) is 5.75 Å². The van der Waals surface area contributed by atoms with Crippen LogP contribution in [0.15, 0.2) is 33.8 Å². The van der Waals surface area contributed by atoms with E-state index >= 15 is 0 Å². The first-order valence-corrected chi connectivity index (χ1v) is 8.62. The van der Waals surface area contributed by atoms with Crippen LogP contribution in [0.4, 0.5) is 0 Å². The van der Waals surface area contributed by atoms with E-state index in [0.717, 1.165) is 16.9 Å². The topological polar surface area (TPSA) is 72.6 Å². The fraction of sp³-hybridized carbons (Fsp3) is 0.400. The van der Waals surface area contributed by atoms with Gasteiger partial charge < -0.3 is 9.26 Å². The summed E-state index contributed by atoms with van der Waals surface area (Å²) in [5.41, 5.74) is 1.64. The second kappa shape index (κ2) is 5.73. The van der Waals surface area contributed by atoms with Gasteiger partial charge in [0.05, 0.1) is 17.7 Å². The number of ether oxygens (including phenoxy) is 1. The molecule has 0 N–H and O–H groups in total. The van der Waals surface area contributed by atoms with Crippen molar-refractivity contribution in [3.05, 3.63) is 41.3 Å². The summed E-state index contributed by atoms with van der Waals surface area (Å²) in [6.45, 7) is 4.99. The van der Waals surface area contributed by atoms with E-state index in [2.05, 4.69) is 5.16 Å². The number of rotatable bonds is 4. The van der Waals surface area contributed by atoms with Crippen LogP contribution in [-0.2, 0) is 23.0 Å². The Morgan fingerprint density at radius 2 is 2.23 bits per heavy atom. The molecule has 1 aromatic heterocycles. The molecule has 1 aliphatic rings. The zero-order valence-electron chi connectivity index (χ0n) is 12.6. The van der Waals surface area contributed by atoms with Gasteiger partial charge in [0.25, 0.3) is 0 Å². The van der Waals surface area contributed by atoms with Crippen LogP contribution in [0.25, 0.3) is 0 Å². The molecule has 7 heteroatoms. The first-order chi connectivity index (χ1) is 10.5. The highest BCUT2D eigenvalue weighted by molar-refractivity contribution is 7.89. The van der Waals surface area contributed by atoms with Gasteiger partial charge in [-0.3, -0.25) is 0 Å². The van der Waals surface area contributed by atoms with Crippen molar-refractivity contribution in [1.29, 1.82) is 0 Å². The van der Waals surface area contributed by atoms with Crippen molar-refractivity contribution in [2.24, 2.45) is 0 Å². The van der Waals surface area contributed by atoms with E-state index < -0.39 is 10.0 Å². The summed E-state index contributed by atoms with van der Waals surface area (Å²) in [7, 11) is -3.53. The number of sulfonamides is 1. The van der Waals surface area contributed by atoms with Gasteiger partial charge in [0, 0.05) is 25.1 Å². The number of nitrogens with zero attached hydrogens (tertiary/aromatic N) is 2. The third-order valence-corrected chi connectivity index (χ3v) is 5.59. The molecule has 22 heavy (non-hydrogen) atoms. The average Bonchev–Trinajstić information content (AvgIpc) is 2.96. The monoisotopic (exact) mass is 322 g/mol. The summed E-state index contributed by atoms with van der Waals surface area (Å²) >= 11 is 0. The van der Waals surface area contributed by atoms with E-state index in [-0.39, 0.29) is 4.90 Å². The predicted octanol–water partition coefficient (Wildman–Crippen LogP) is 2.13. The van der Waals surface area contributed by atoms with Crippen LogP contribution in [0, 0.1) is 6.92 Å². The molecule has 0 atom stereocenters. The summed E-state index contributed by atoms with van der Waals surface area (Å²) in [5, 5.41) is 3.73. The van der Waals surface area contributed by atoms with Gasteiger partial charge in [-0.15, -0.1) is 0 Å². The first-order valence-electron chi connectivity index (χ1n) is 7.18. The normalized spacial score (nSPS) is 15.5. The Labute approximate surface area is 129 Å². The maximum atomic E-state index is 12.8. The van der Waals surface area contributed by atoms with Gasteiger partial charge in [-0.05, 0) is 37.6 Å². The number of aromatic nitrogens is 1. The van der Waals surface area contributed by atoms with Gasteiger partial charge in [0.1, 0.15) is 11.5 Å². The van der Waals surface area contributed by atoms with E-state index in [0.29, 0.717) is 31.9 Å². The van der Waals surface area contributed by atoms with Crippen LogP contribution in [-0.4, -0.2) is 31.0 Å². The van der Waals surface area contributed by atoms with Crippen molar-refractivity contribution in [2.75, 3.05) is 13.2 Å². The summed E-state index contributed by atoms with van der Waals surface area (Å²) in [6, 6.07) is 4.96. The number of benzene rings is 1. The van der Waals surface area contributed by atoms with Gasteiger partial charge in [-0.25, -0.2) is 8.42 Å². The minimum atomic E-state index is -3.53. The van der Waals surface area contributed by atoms with Crippen molar-refractivity contribution in [1.82, 2.24) is 9.46 Å². The van der Waals surface area contributed by atoms with Crippen molar-refractivity contribution in [3.8, 4) is 5.75 Å². The van der Waals surface area contributed by atoms with Crippen molar-refractivity contribution in [3.63, 3.8) is 0 Å². The maximum absolute atomic E-state index is 12.8. The van der Waals surface area contributed by atoms with E-state index in [4.69, 9.17) is 9.26 Å². The number of aryl methyl sites for hydroxylation is 1. The fourth-order valence-corrected chi connectivity index (χ4v) is 4.07. The Kier molecular flexibility index (Phi) is 3.92. The summed E-state index contributed by atoms with van der Waals surface area (Å²) in [6.07, 6.45) is 2.13. The average molecular weight is 322 g/mol. The lowest BCUT2D eigenvalue weighted by Gasteiger charge is -2.25. The molecule has 0 spiro atoms. The quantitative estimate of drug-likeness (QED) is 0.862. The lowest BCUT2D eigenvalue weighted by molar-refractivity contribution is 0.331. The van der Waals surface area contributed by atoms with Crippen LogP contribution < -0.4 is 4.74 Å². The SMILES string of the molecule is CCOc1ccc(S(=O)(=O)N2CCc3oncc3C2)cc1C.